The van der Waals surface area contributed by atoms with Crippen molar-refractivity contribution in [1.29, 1.82) is 0 Å². The van der Waals surface area contributed by atoms with Crippen LogP contribution in [0.1, 0.15) is 19.8 Å². The minimum Gasteiger partial charge on any atom is -0.450 e. The lowest BCUT2D eigenvalue weighted by Gasteiger charge is -1.87. The minimum atomic E-state index is -1.21. The fourth-order valence-corrected chi connectivity index (χ4v) is 0.704. The molecule has 0 amide bonds. The Labute approximate surface area is 71.3 Å². The zero-order valence-corrected chi connectivity index (χ0v) is 7.30. The van der Waals surface area contributed by atoms with E-state index >= 15 is 0 Å². The molecule has 0 unspecified atom stereocenters. The van der Waals surface area contributed by atoms with Crippen LogP contribution in [0.4, 0.5) is 4.79 Å². The third kappa shape index (κ3) is 9.56. The molecule has 4 heteroatoms. The summed E-state index contributed by atoms with van der Waals surface area (Å²) in [5, 5.41) is 7.69. The summed E-state index contributed by atoms with van der Waals surface area (Å²) in [4.78, 5) is 9.38. The molecular weight excluding hydrogens is 168 g/mol. The molecule has 3 nitrogen and oxygen atoms in total. The molecule has 0 aromatic heterocycles. The van der Waals surface area contributed by atoms with Crippen LogP contribution in [0, 0.1) is 5.92 Å². The van der Waals surface area contributed by atoms with Crippen LogP contribution in [0.2, 0.25) is 0 Å². The average Bonchev–Trinajstić information content (AvgIpc) is 2.69. The molecular formula is C7H13ClO3. The molecule has 0 atom stereocenters. The molecule has 0 aliphatic heterocycles. The maximum atomic E-state index is 9.38. The van der Waals surface area contributed by atoms with Gasteiger partial charge in [0, 0.05) is 5.88 Å². The second-order valence-corrected chi connectivity index (χ2v) is 2.61. The summed E-state index contributed by atoms with van der Waals surface area (Å²) in [7, 11) is 0. The van der Waals surface area contributed by atoms with Gasteiger partial charge in [-0.3, -0.25) is 0 Å². The molecule has 1 rings (SSSR count). The first-order chi connectivity index (χ1) is 5.20. The first kappa shape index (κ1) is 10.6. The van der Waals surface area contributed by atoms with Crippen LogP contribution < -0.4 is 0 Å². The number of rotatable bonds is 2. The van der Waals surface area contributed by atoms with Gasteiger partial charge in [0.25, 0.3) is 0 Å². The zero-order chi connectivity index (χ0) is 8.69. The predicted octanol–water partition coefficient (Wildman–Crippen LogP) is 2.34. The molecule has 1 fully saturated rings. The number of halogens is 1. The molecule has 66 valence electrons. The van der Waals surface area contributed by atoms with Crippen molar-refractivity contribution in [2.45, 2.75) is 19.8 Å². The molecule has 1 aliphatic rings. The van der Waals surface area contributed by atoms with Crippen molar-refractivity contribution in [3.05, 3.63) is 0 Å². The van der Waals surface area contributed by atoms with Gasteiger partial charge in [-0.25, -0.2) is 4.79 Å². The Morgan fingerprint density at radius 2 is 2.27 bits per heavy atom. The predicted molar refractivity (Wildman–Crippen MR) is 43.1 cm³/mol. The summed E-state index contributed by atoms with van der Waals surface area (Å²) >= 11 is 5.40. The van der Waals surface area contributed by atoms with Gasteiger partial charge < -0.3 is 9.84 Å². The van der Waals surface area contributed by atoms with Crippen LogP contribution in [-0.2, 0) is 4.74 Å². The van der Waals surface area contributed by atoms with Crippen molar-refractivity contribution in [3.8, 4) is 0 Å². The fourth-order valence-electron chi connectivity index (χ4n) is 0.396. The molecule has 0 aromatic rings. The minimum absolute atomic E-state index is 0.231. The first-order valence-corrected chi connectivity index (χ1v) is 4.15. The van der Waals surface area contributed by atoms with E-state index in [2.05, 4.69) is 4.74 Å². The molecule has 0 saturated heterocycles. The van der Waals surface area contributed by atoms with Gasteiger partial charge in [0.05, 0.1) is 6.61 Å². The largest absolute Gasteiger partial charge is 0.505 e. The molecule has 0 bridgehead atoms. The SMILES string of the molecule is CCOC(=O)O.ClCC1CC1. The molecule has 0 aromatic carbocycles. The van der Waals surface area contributed by atoms with Gasteiger partial charge in [-0.2, -0.15) is 0 Å². The third-order valence-corrected chi connectivity index (χ3v) is 1.62. The number of alkyl halides is 1. The van der Waals surface area contributed by atoms with Crippen LogP contribution in [0.3, 0.4) is 0 Å². The second kappa shape index (κ2) is 6.28. The lowest BCUT2D eigenvalue weighted by Crippen LogP contribution is -1.97. The van der Waals surface area contributed by atoms with Crippen molar-refractivity contribution in [1.82, 2.24) is 0 Å². The Morgan fingerprint density at radius 3 is 2.27 bits per heavy atom. The maximum Gasteiger partial charge on any atom is 0.505 e. The van der Waals surface area contributed by atoms with Crippen LogP contribution in [0.5, 0.6) is 0 Å². The highest BCUT2D eigenvalue weighted by Crippen LogP contribution is 2.29. The molecule has 1 saturated carbocycles. The fraction of sp³-hybridized carbons (Fsp3) is 0.857. The number of carboxylic acid groups (broad SMARTS) is 1. The van der Waals surface area contributed by atoms with Crippen molar-refractivity contribution in [2.24, 2.45) is 5.92 Å². The van der Waals surface area contributed by atoms with E-state index in [4.69, 9.17) is 16.7 Å². The standard InChI is InChI=1S/C4H7Cl.C3H6O3/c5-3-4-1-2-4;1-2-6-3(4)5/h4H,1-3H2;2H2,1H3,(H,4,5). The van der Waals surface area contributed by atoms with Crippen LogP contribution in [0.15, 0.2) is 0 Å². The maximum absolute atomic E-state index is 9.38. The summed E-state index contributed by atoms with van der Waals surface area (Å²) in [5.41, 5.74) is 0. The van der Waals surface area contributed by atoms with Crippen LogP contribution >= 0.6 is 11.6 Å². The number of hydrogen-bond acceptors (Lipinski definition) is 2. The summed E-state index contributed by atoms with van der Waals surface area (Å²) in [5.74, 6) is 1.79. The average molecular weight is 181 g/mol. The van der Waals surface area contributed by atoms with Gasteiger partial charge in [-0.1, -0.05) is 0 Å². The van der Waals surface area contributed by atoms with E-state index in [-0.39, 0.29) is 6.61 Å². The highest BCUT2D eigenvalue weighted by molar-refractivity contribution is 6.18. The van der Waals surface area contributed by atoms with Gasteiger partial charge in [-0.05, 0) is 25.7 Å². The molecule has 0 radical (unpaired) electrons. The monoisotopic (exact) mass is 180 g/mol. The Morgan fingerprint density at radius 1 is 1.73 bits per heavy atom. The van der Waals surface area contributed by atoms with Crippen molar-refractivity contribution >= 4 is 17.8 Å². The van der Waals surface area contributed by atoms with Crippen LogP contribution in [0.25, 0.3) is 0 Å². The quantitative estimate of drug-likeness (QED) is 0.524. The molecule has 0 spiro atoms. The zero-order valence-electron chi connectivity index (χ0n) is 6.55. The van der Waals surface area contributed by atoms with E-state index in [1.165, 1.54) is 12.8 Å². The Hall–Kier alpha value is -0.440. The summed E-state index contributed by atoms with van der Waals surface area (Å²) in [6.07, 6.45) is 1.55. The molecule has 1 aliphatic carbocycles. The van der Waals surface area contributed by atoms with E-state index in [1.54, 1.807) is 6.92 Å². The second-order valence-electron chi connectivity index (χ2n) is 2.30. The lowest BCUT2D eigenvalue weighted by atomic mass is 10.5. The normalized spacial score (nSPS) is 14.7. The highest BCUT2D eigenvalue weighted by Gasteiger charge is 2.18. The van der Waals surface area contributed by atoms with Crippen molar-refractivity contribution in [2.75, 3.05) is 12.5 Å². The van der Waals surface area contributed by atoms with Crippen molar-refractivity contribution < 1.29 is 14.6 Å². The number of hydrogen-bond donors (Lipinski definition) is 1. The van der Waals surface area contributed by atoms with Crippen LogP contribution in [-0.4, -0.2) is 23.7 Å². The Kier molecular flexibility index (Phi) is 6.03. The van der Waals surface area contributed by atoms with E-state index in [1.807, 2.05) is 0 Å². The number of ether oxygens (including phenoxy) is 1. The topological polar surface area (TPSA) is 46.5 Å². The van der Waals surface area contributed by atoms with E-state index < -0.39 is 6.16 Å². The lowest BCUT2D eigenvalue weighted by molar-refractivity contribution is 0.0966. The van der Waals surface area contributed by atoms with E-state index in [0.717, 1.165) is 11.8 Å². The smallest absolute Gasteiger partial charge is 0.450 e. The van der Waals surface area contributed by atoms with Gasteiger partial charge >= 0.3 is 6.16 Å². The Bertz CT molecular complexity index is 112. The van der Waals surface area contributed by atoms with Gasteiger partial charge in [0.2, 0.25) is 0 Å². The molecule has 0 heterocycles. The number of carbonyl (C=O) groups is 1. The van der Waals surface area contributed by atoms with Gasteiger partial charge in [-0.15, -0.1) is 11.6 Å². The van der Waals surface area contributed by atoms with E-state index in [9.17, 15) is 4.79 Å². The van der Waals surface area contributed by atoms with Gasteiger partial charge in [0.1, 0.15) is 0 Å². The highest BCUT2D eigenvalue weighted by atomic mass is 35.5. The molecule has 1 N–H and O–H groups in total. The summed E-state index contributed by atoms with van der Waals surface area (Å²) in [6, 6.07) is 0. The van der Waals surface area contributed by atoms with Crippen molar-refractivity contribution in [3.63, 3.8) is 0 Å². The molecule has 11 heavy (non-hydrogen) atoms. The Balaban J connectivity index is 0.000000183. The van der Waals surface area contributed by atoms with E-state index in [0.29, 0.717) is 0 Å². The summed E-state index contributed by atoms with van der Waals surface area (Å²) < 4.78 is 3.96. The third-order valence-electron chi connectivity index (χ3n) is 1.18. The first-order valence-electron chi connectivity index (χ1n) is 3.62. The summed E-state index contributed by atoms with van der Waals surface area (Å²) in [6.45, 7) is 1.85. The van der Waals surface area contributed by atoms with Gasteiger partial charge in [0.15, 0.2) is 0 Å².